The minimum Gasteiger partial charge on any atom is -0.462 e. The number of phosphoric ester groups is 2. The lowest BCUT2D eigenvalue weighted by Gasteiger charge is -2.21. The molecule has 0 aliphatic heterocycles. The minimum atomic E-state index is -5.00. The third-order valence-electron chi connectivity index (χ3n) is 16.9. The van der Waals surface area contributed by atoms with E-state index in [2.05, 4.69) is 174 Å². The molecule has 0 aromatic heterocycles. The van der Waals surface area contributed by atoms with Gasteiger partial charge in [-0.1, -0.05) is 288 Å². The molecule has 17 nitrogen and oxygen atoms in total. The number of rotatable bonds is 77. The Morgan fingerprint density at radius 2 is 0.509 bits per heavy atom. The summed E-state index contributed by atoms with van der Waals surface area (Å²) >= 11 is 0. The first-order chi connectivity index (χ1) is 52.7. The number of hydrogen-bond donors (Lipinski definition) is 3. The van der Waals surface area contributed by atoms with E-state index >= 15 is 0 Å². The Balaban J connectivity index is 5.45. The number of phosphoric acid groups is 2. The number of ether oxygens (including phenoxy) is 4. The summed E-state index contributed by atoms with van der Waals surface area (Å²) in [4.78, 5) is 73.2. The summed E-state index contributed by atoms with van der Waals surface area (Å²) in [5.74, 6) is -2.29. The molecule has 5 unspecified atom stereocenters. The average Bonchev–Trinajstić information content (AvgIpc) is 0.887. The fraction of sp³-hybridized carbons (Fsp3) is 0.663. The summed E-state index contributed by atoms with van der Waals surface area (Å²) in [6.07, 6.45) is 93.6. The molecular weight excluding hydrogens is 1400 g/mol. The number of hydrogen-bond acceptors (Lipinski definition) is 15. The number of aliphatic hydroxyl groups is 1. The van der Waals surface area contributed by atoms with Gasteiger partial charge in [0.05, 0.1) is 26.4 Å². The van der Waals surface area contributed by atoms with Gasteiger partial charge in [0, 0.05) is 25.7 Å². The molecule has 0 fully saturated rings. The van der Waals surface area contributed by atoms with E-state index in [1.54, 1.807) is 0 Å². The molecule has 0 aromatic rings. The second-order valence-electron chi connectivity index (χ2n) is 27.3. The van der Waals surface area contributed by atoms with Gasteiger partial charge < -0.3 is 33.8 Å². The van der Waals surface area contributed by atoms with Crippen molar-refractivity contribution < 1.29 is 80.2 Å². The Hall–Kier alpha value is -5.32. The topological polar surface area (TPSA) is 237 Å². The van der Waals surface area contributed by atoms with Crippen molar-refractivity contribution in [2.75, 3.05) is 39.6 Å². The first-order valence-corrected chi connectivity index (χ1v) is 44.7. The van der Waals surface area contributed by atoms with Crippen LogP contribution in [0.15, 0.2) is 158 Å². The van der Waals surface area contributed by atoms with Crippen molar-refractivity contribution in [1.82, 2.24) is 0 Å². The lowest BCUT2D eigenvalue weighted by atomic mass is 10.1. The number of allylic oxidation sites excluding steroid dienone is 26. The highest BCUT2D eigenvalue weighted by atomic mass is 31.2. The third-order valence-corrected chi connectivity index (χ3v) is 18.8. The largest absolute Gasteiger partial charge is 0.472 e. The molecule has 3 N–H and O–H groups in total. The normalized spacial score (nSPS) is 14.6. The van der Waals surface area contributed by atoms with Gasteiger partial charge in [0.25, 0.3) is 0 Å². The van der Waals surface area contributed by atoms with Crippen molar-refractivity contribution in [3.63, 3.8) is 0 Å². The number of carbonyl (C=O) groups excluding carboxylic acids is 4. The average molecular weight is 1550 g/mol. The molecule has 0 amide bonds. The van der Waals surface area contributed by atoms with Gasteiger partial charge in [0.1, 0.15) is 19.3 Å². The first-order valence-electron chi connectivity index (χ1n) is 41.7. The molecule has 616 valence electrons. The highest BCUT2D eigenvalue weighted by molar-refractivity contribution is 7.47. The van der Waals surface area contributed by atoms with Crippen LogP contribution in [0.2, 0.25) is 0 Å². The van der Waals surface area contributed by atoms with Gasteiger partial charge in [0.2, 0.25) is 0 Å². The van der Waals surface area contributed by atoms with E-state index in [-0.39, 0.29) is 25.7 Å². The van der Waals surface area contributed by atoms with E-state index in [1.165, 1.54) is 38.5 Å². The summed E-state index contributed by atoms with van der Waals surface area (Å²) < 4.78 is 68.7. The van der Waals surface area contributed by atoms with Crippen molar-refractivity contribution >= 4 is 39.5 Å². The monoisotopic (exact) mass is 1550 g/mol. The maximum atomic E-state index is 13.1. The van der Waals surface area contributed by atoms with Crippen LogP contribution in [0.3, 0.4) is 0 Å². The Morgan fingerprint density at radius 1 is 0.269 bits per heavy atom. The van der Waals surface area contributed by atoms with Gasteiger partial charge in [-0.25, -0.2) is 9.13 Å². The molecular formula is C89H148O17P2. The summed E-state index contributed by atoms with van der Waals surface area (Å²) in [5, 5.41) is 10.7. The highest BCUT2D eigenvalue weighted by Gasteiger charge is 2.30. The summed E-state index contributed by atoms with van der Waals surface area (Å²) in [7, 11) is -10.0. The van der Waals surface area contributed by atoms with Crippen molar-refractivity contribution in [1.29, 1.82) is 0 Å². The fourth-order valence-electron chi connectivity index (χ4n) is 10.6. The van der Waals surface area contributed by atoms with Crippen LogP contribution >= 0.6 is 15.6 Å². The zero-order chi connectivity index (χ0) is 78.9. The van der Waals surface area contributed by atoms with Gasteiger partial charge in [-0.3, -0.25) is 37.3 Å². The molecule has 19 heteroatoms. The molecule has 0 aliphatic rings. The van der Waals surface area contributed by atoms with Crippen LogP contribution in [0, 0.1) is 0 Å². The molecule has 0 saturated carbocycles. The maximum absolute atomic E-state index is 13.1. The molecule has 0 aliphatic carbocycles. The Labute approximate surface area is 655 Å². The van der Waals surface area contributed by atoms with Crippen molar-refractivity contribution in [2.45, 2.75) is 341 Å². The number of carbonyl (C=O) groups is 4. The van der Waals surface area contributed by atoms with Gasteiger partial charge in [0.15, 0.2) is 12.2 Å². The molecule has 0 heterocycles. The Bertz CT molecular complexity index is 2660. The van der Waals surface area contributed by atoms with E-state index < -0.39 is 97.5 Å². The van der Waals surface area contributed by atoms with Gasteiger partial charge in [-0.2, -0.15) is 0 Å². The van der Waals surface area contributed by atoms with E-state index in [0.29, 0.717) is 32.1 Å². The van der Waals surface area contributed by atoms with Crippen LogP contribution in [0.4, 0.5) is 0 Å². The summed E-state index contributed by atoms with van der Waals surface area (Å²) in [5.41, 5.74) is 0. The Kier molecular flexibility index (Phi) is 75.8. The quantitative estimate of drug-likeness (QED) is 0.0169. The number of esters is 4. The first kappa shape index (κ1) is 103. The number of unbranched alkanes of at least 4 members (excludes halogenated alkanes) is 25. The van der Waals surface area contributed by atoms with Crippen LogP contribution in [0.25, 0.3) is 0 Å². The third kappa shape index (κ3) is 78.8. The van der Waals surface area contributed by atoms with Crippen LogP contribution in [0.5, 0.6) is 0 Å². The molecule has 0 rings (SSSR count). The van der Waals surface area contributed by atoms with E-state index in [0.717, 1.165) is 199 Å². The molecule has 0 bridgehead atoms. The standard InChI is InChI=1S/C89H148O17P2/c1-5-9-13-17-21-25-29-33-36-39-41-44-47-51-54-58-62-66-70-74-87(92)100-80-85(106-89(94)76-72-68-64-60-56-52-48-45-42-40-37-34-30-26-22-18-14-10-6-2)82-104-108(97,98)102-78-83(90)77-101-107(95,96)103-81-84(105-88(93)75-71-67-63-59-55-49-32-28-24-20-16-12-8-4)79-99-86(91)73-69-65-61-57-53-50-46-43-38-35-31-27-23-19-15-11-7-3/h11,15-16,20-23,25-28,32-38,41-42,44-46,50,57,61,83-85,90H,5-10,12-14,17-19,24,29-31,39-40,43,47-49,51-56,58-60,62-82H2,1-4H3,(H,95,96)(H,97,98)/b15-11-,20-16-,25-21-,26-22-,27-23-,32-28-,36-33-,37-34-,38-35-,44-41-,45-42-,50-46-,61-57-. The molecule has 0 radical (unpaired) electrons. The molecule has 0 saturated heterocycles. The van der Waals surface area contributed by atoms with Gasteiger partial charge in [-0.05, 0) is 167 Å². The predicted octanol–water partition coefficient (Wildman–Crippen LogP) is 24.8. The zero-order valence-corrected chi connectivity index (χ0v) is 69.3. The van der Waals surface area contributed by atoms with Crippen LogP contribution < -0.4 is 0 Å². The van der Waals surface area contributed by atoms with Crippen LogP contribution in [-0.4, -0.2) is 96.7 Å². The SMILES string of the molecule is CC/C=C\C/C=C\C/C=C\C/C=C\C/C=C\CCCC(=O)OCC(COP(=O)(O)OCC(O)COP(=O)(O)OCC(COC(=O)CCCCCCCC/C=C\C/C=C\C/C=C\CCCCC)OC(=O)CCCCCCCC/C=C\C/C=C\C/C=C\CCCCC)OC(=O)CCCCCCC/C=C\C/C=C\CCC. The lowest BCUT2D eigenvalue weighted by Crippen LogP contribution is -2.30. The van der Waals surface area contributed by atoms with Crippen molar-refractivity contribution in [3.05, 3.63) is 158 Å². The van der Waals surface area contributed by atoms with Crippen molar-refractivity contribution in [3.8, 4) is 0 Å². The second kappa shape index (κ2) is 79.8. The molecule has 108 heavy (non-hydrogen) atoms. The molecule has 0 aromatic carbocycles. The number of aliphatic hydroxyl groups excluding tert-OH is 1. The zero-order valence-electron chi connectivity index (χ0n) is 67.5. The predicted molar refractivity (Wildman–Crippen MR) is 445 cm³/mol. The van der Waals surface area contributed by atoms with Crippen LogP contribution in [-0.2, 0) is 65.4 Å². The second-order valence-corrected chi connectivity index (χ2v) is 30.2. The van der Waals surface area contributed by atoms with Crippen LogP contribution in [0.1, 0.15) is 323 Å². The Morgan fingerprint density at radius 3 is 0.815 bits per heavy atom. The smallest absolute Gasteiger partial charge is 0.462 e. The minimum absolute atomic E-state index is 0.0613. The van der Waals surface area contributed by atoms with E-state index in [4.69, 9.17) is 37.0 Å². The lowest BCUT2D eigenvalue weighted by molar-refractivity contribution is -0.161. The van der Waals surface area contributed by atoms with E-state index in [9.17, 15) is 43.2 Å². The van der Waals surface area contributed by atoms with Gasteiger partial charge in [-0.15, -0.1) is 0 Å². The van der Waals surface area contributed by atoms with E-state index in [1.807, 2.05) is 12.2 Å². The molecule has 0 spiro atoms. The summed E-state index contributed by atoms with van der Waals surface area (Å²) in [6.45, 7) is 4.54. The fourth-order valence-corrected chi connectivity index (χ4v) is 12.2. The summed E-state index contributed by atoms with van der Waals surface area (Å²) in [6, 6.07) is 0. The highest BCUT2D eigenvalue weighted by Crippen LogP contribution is 2.45. The maximum Gasteiger partial charge on any atom is 0.472 e. The van der Waals surface area contributed by atoms with Gasteiger partial charge >= 0.3 is 39.5 Å². The van der Waals surface area contributed by atoms with Crippen molar-refractivity contribution in [2.24, 2.45) is 0 Å². The molecule has 5 atom stereocenters.